The third kappa shape index (κ3) is 4.65. The van der Waals surface area contributed by atoms with Crippen molar-refractivity contribution in [2.45, 2.75) is 45.4 Å². The van der Waals surface area contributed by atoms with Gasteiger partial charge in [-0.3, -0.25) is 14.3 Å². The van der Waals surface area contributed by atoms with E-state index in [-0.39, 0.29) is 10.9 Å². The Morgan fingerprint density at radius 1 is 1.43 bits per heavy atom. The smallest absolute Gasteiger partial charge is 0.280 e. The first kappa shape index (κ1) is 17.9. The van der Waals surface area contributed by atoms with Gasteiger partial charge in [-0.15, -0.1) is 0 Å². The van der Waals surface area contributed by atoms with Crippen molar-refractivity contribution in [3.63, 3.8) is 0 Å². The van der Waals surface area contributed by atoms with E-state index >= 15 is 0 Å². The summed E-state index contributed by atoms with van der Waals surface area (Å²) >= 11 is 0. The van der Waals surface area contributed by atoms with E-state index in [0.29, 0.717) is 18.7 Å². The number of carbonyl (C=O) groups is 1. The molecule has 0 atom stereocenters. The van der Waals surface area contributed by atoms with Gasteiger partial charge in [0.2, 0.25) is 0 Å². The van der Waals surface area contributed by atoms with Gasteiger partial charge >= 0.3 is 0 Å². The molecule has 0 aliphatic rings. The molecule has 6 nitrogen and oxygen atoms in total. The second kappa shape index (κ2) is 6.72. The number of rotatable bonds is 6. The van der Waals surface area contributed by atoms with Crippen molar-refractivity contribution < 1.29 is 14.1 Å². The summed E-state index contributed by atoms with van der Waals surface area (Å²) in [6, 6.07) is 0. The first-order valence-corrected chi connectivity index (χ1v) is 9.98. The molecular formula is C14H27N3O3Si. The normalized spacial score (nSPS) is 12.5. The van der Waals surface area contributed by atoms with Crippen LogP contribution >= 0.6 is 0 Å². The third-order valence-corrected chi connectivity index (χ3v) is 8.57. The quantitative estimate of drug-likeness (QED) is 0.598. The maximum atomic E-state index is 11.9. The molecule has 0 bridgehead atoms. The number of amides is 1. The molecule has 0 fully saturated rings. The van der Waals surface area contributed by atoms with Gasteiger partial charge in [-0.05, 0) is 18.1 Å². The Bertz CT molecular complexity index is 480. The van der Waals surface area contributed by atoms with Crippen molar-refractivity contribution in [1.29, 1.82) is 0 Å². The molecule has 1 rings (SSSR count). The number of hydrogen-bond donors (Lipinski definition) is 0. The Morgan fingerprint density at radius 3 is 2.57 bits per heavy atom. The number of carbonyl (C=O) groups excluding carboxylic acids is 1. The van der Waals surface area contributed by atoms with Crippen LogP contribution in [0.5, 0.6) is 0 Å². The fourth-order valence-electron chi connectivity index (χ4n) is 1.47. The van der Waals surface area contributed by atoms with Gasteiger partial charge in [-0.2, -0.15) is 5.10 Å². The Balaban J connectivity index is 2.55. The lowest BCUT2D eigenvalue weighted by Crippen LogP contribution is -2.41. The van der Waals surface area contributed by atoms with Crippen LogP contribution in [0.2, 0.25) is 18.1 Å². The Morgan fingerprint density at radius 2 is 2.05 bits per heavy atom. The molecule has 0 unspecified atom stereocenters. The second-order valence-corrected chi connectivity index (χ2v) is 11.4. The van der Waals surface area contributed by atoms with Crippen LogP contribution in [0.1, 0.15) is 31.1 Å². The third-order valence-electron chi connectivity index (χ3n) is 4.03. The largest absolute Gasteiger partial charge is 0.415 e. The predicted octanol–water partition coefficient (Wildman–Crippen LogP) is 2.54. The molecule has 1 amide bonds. The van der Waals surface area contributed by atoms with Crippen molar-refractivity contribution in [3.05, 3.63) is 18.0 Å². The van der Waals surface area contributed by atoms with E-state index in [2.05, 4.69) is 39.0 Å². The van der Waals surface area contributed by atoms with E-state index in [4.69, 9.17) is 9.26 Å². The fourth-order valence-corrected chi connectivity index (χ4v) is 2.51. The molecule has 0 aliphatic heterocycles. The van der Waals surface area contributed by atoms with Gasteiger partial charge in [0.25, 0.3) is 5.91 Å². The lowest BCUT2D eigenvalue weighted by molar-refractivity contribution is -0.0757. The highest BCUT2D eigenvalue weighted by Crippen LogP contribution is 2.36. The average Bonchev–Trinajstić information content (AvgIpc) is 2.84. The van der Waals surface area contributed by atoms with Crippen molar-refractivity contribution in [2.75, 3.05) is 20.8 Å². The van der Waals surface area contributed by atoms with Crippen LogP contribution in [0.15, 0.2) is 12.4 Å². The highest BCUT2D eigenvalue weighted by Gasteiger charge is 2.36. The minimum absolute atomic E-state index is 0.194. The van der Waals surface area contributed by atoms with Gasteiger partial charge in [0, 0.05) is 13.2 Å². The van der Waals surface area contributed by atoms with Crippen molar-refractivity contribution in [3.8, 4) is 0 Å². The predicted molar refractivity (Wildman–Crippen MR) is 84.5 cm³/mol. The number of hydrogen-bond acceptors (Lipinski definition) is 4. The highest BCUT2D eigenvalue weighted by atomic mass is 28.4. The molecular weight excluding hydrogens is 286 g/mol. The number of aromatic nitrogens is 2. The lowest BCUT2D eigenvalue weighted by Gasteiger charge is -2.36. The summed E-state index contributed by atoms with van der Waals surface area (Å²) in [6.45, 7) is 12.3. The summed E-state index contributed by atoms with van der Waals surface area (Å²) in [6.07, 6.45) is 3.26. The molecule has 0 aromatic carbocycles. The van der Waals surface area contributed by atoms with Gasteiger partial charge in [-0.1, -0.05) is 20.8 Å². The van der Waals surface area contributed by atoms with E-state index in [1.807, 2.05) is 0 Å². The van der Waals surface area contributed by atoms with Gasteiger partial charge in [0.05, 0.1) is 32.0 Å². The minimum atomic E-state index is -1.73. The average molecular weight is 313 g/mol. The Kier molecular flexibility index (Phi) is 5.72. The van der Waals surface area contributed by atoms with Crippen molar-refractivity contribution >= 4 is 14.2 Å². The molecule has 7 heteroatoms. The van der Waals surface area contributed by atoms with E-state index in [9.17, 15) is 4.79 Å². The van der Waals surface area contributed by atoms with Crippen LogP contribution in [-0.2, 0) is 15.8 Å². The van der Waals surface area contributed by atoms with E-state index in [1.165, 1.54) is 12.2 Å². The zero-order chi connectivity index (χ0) is 16.3. The van der Waals surface area contributed by atoms with Crippen LogP contribution < -0.4 is 0 Å². The first-order chi connectivity index (χ1) is 9.58. The van der Waals surface area contributed by atoms with Crippen LogP contribution in [0.4, 0.5) is 0 Å². The monoisotopic (exact) mass is 313 g/mol. The fraction of sp³-hybridized carbons (Fsp3) is 0.714. The molecule has 1 aromatic heterocycles. The molecule has 0 saturated carbocycles. The van der Waals surface area contributed by atoms with Gasteiger partial charge in [0.1, 0.15) is 0 Å². The molecule has 0 aliphatic carbocycles. The maximum absolute atomic E-state index is 11.9. The first-order valence-electron chi connectivity index (χ1n) is 7.07. The van der Waals surface area contributed by atoms with E-state index in [1.54, 1.807) is 24.1 Å². The van der Waals surface area contributed by atoms with Gasteiger partial charge in [0.15, 0.2) is 8.32 Å². The molecule has 1 aromatic rings. The molecule has 1 heterocycles. The number of hydroxylamine groups is 2. The molecule has 0 N–H and O–H groups in total. The van der Waals surface area contributed by atoms with Crippen LogP contribution in [-0.4, -0.2) is 49.8 Å². The van der Waals surface area contributed by atoms with E-state index < -0.39 is 8.32 Å². The summed E-state index contributed by atoms with van der Waals surface area (Å²) in [4.78, 5) is 16.7. The Hall–Kier alpha value is -1.18. The van der Waals surface area contributed by atoms with Crippen LogP contribution in [0.25, 0.3) is 0 Å². The summed E-state index contributed by atoms with van der Waals surface area (Å²) in [5, 5.41) is 5.55. The summed E-state index contributed by atoms with van der Waals surface area (Å²) in [5.74, 6) is -0.214. The maximum Gasteiger partial charge on any atom is 0.280 e. The topological polar surface area (TPSA) is 56.6 Å². The van der Waals surface area contributed by atoms with Gasteiger partial charge < -0.3 is 4.43 Å². The Labute approximate surface area is 128 Å². The van der Waals surface area contributed by atoms with Crippen LogP contribution in [0.3, 0.4) is 0 Å². The SMILES string of the molecule is CON(C)C(=O)c1cnn(CCO[Si](C)(C)C(C)(C)C)c1. The molecule has 0 saturated heterocycles. The second-order valence-electron chi connectivity index (χ2n) is 6.59. The molecule has 120 valence electrons. The summed E-state index contributed by atoms with van der Waals surface area (Å²) in [5.41, 5.74) is 0.506. The lowest BCUT2D eigenvalue weighted by atomic mass is 10.2. The summed E-state index contributed by atoms with van der Waals surface area (Å²) in [7, 11) is 1.29. The molecule has 0 radical (unpaired) electrons. The number of nitrogens with zero attached hydrogens (tertiary/aromatic N) is 3. The zero-order valence-corrected chi connectivity index (χ0v) is 15.1. The van der Waals surface area contributed by atoms with Crippen LogP contribution in [0, 0.1) is 0 Å². The van der Waals surface area contributed by atoms with Crippen molar-refractivity contribution in [1.82, 2.24) is 14.8 Å². The standard InChI is InChI=1S/C14H27N3O3Si/c1-14(2,3)21(6,7)20-9-8-17-11-12(10-15-17)13(18)16(4)19-5/h10-11H,8-9H2,1-7H3. The molecule has 0 spiro atoms. The van der Waals surface area contributed by atoms with E-state index in [0.717, 1.165) is 0 Å². The van der Waals surface area contributed by atoms with Crippen molar-refractivity contribution in [2.24, 2.45) is 0 Å². The molecule has 21 heavy (non-hydrogen) atoms. The minimum Gasteiger partial charge on any atom is -0.415 e. The van der Waals surface area contributed by atoms with Gasteiger partial charge in [-0.25, -0.2) is 5.06 Å². The highest BCUT2D eigenvalue weighted by molar-refractivity contribution is 6.74. The zero-order valence-electron chi connectivity index (χ0n) is 14.1. The summed E-state index contributed by atoms with van der Waals surface area (Å²) < 4.78 is 7.82.